The van der Waals surface area contributed by atoms with Crippen molar-refractivity contribution in [3.05, 3.63) is 152 Å². The lowest BCUT2D eigenvalue weighted by molar-refractivity contribution is 1.07. The molecule has 10 aromatic rings. The summed E-state index contributed by atoms with van der Waals surface area (Å²) in [5.74, 6) is 1.86. The molecule has 0 aliphatic heterocycles. The molecule has 10 rings (SSSR count). The molecule has 0 saturated carbocycles. The van der Waals surface area contributed by atoms with E-state index in [9.17, 15) is 0 Å². The Morgan fingerprint density at radius 1 is 0.312 bits per heavy atom. The Morgan fingerprint density at radius 2 is 0.750 bits per heavy atom. The molecule has 0 unspecified atom stereocenters. The van der Waals surface area contributed by atoms with Crippen molar-refractivity contribution in [2.24, 2.45) is 0 Å². The smallest absolute Gasteiger partial charge is 0.182 e. The van der Waals surface area contributed by atoms with Gasteiger partial charge in [-0.05, 0) is 48.5 Å². The van der Waals surface area contributed by atoms with Crippen LogP contribution in [0.5, 0.6) is 0 Å². The van der Waals surface area contributed by atoms with Crippen LogP contribution in [-0.2, 0) is 0 Å². The third kappa shape index (κ3) is 4.04. The van der Waals surface area contributed by atoms with E-state index in [0.29, 0.717) is 17.5 Å². The molecule has 6 aromatic carbocycles. The SMILES string of the molecule is c1ccc(-c2nc(-c3ccccc3)nc(-c3ccc4c(c3)c3ccccc3n3c5ccccc5nc3c3nc5ccccc5n43)n2)cc1. The average molecular weight is 616 g/mol. The first-order valence-electron chi connectivity index (χ1n) is 15.9. The summed E-state index contributed by atoms with van der Waals surface area (Å²) < 4.78 is 4.47. The third-order valence-electron chi connectivity index (χ3n) is 8.95. The average Bonchev–Trinajstić information content (AvgIpc) is 3.73. The van der Waals surface area contributed by atoms with Gasteiger partial charge in [0.25, 0.3) is 0 Å². The van der Waals surface area contributed by atoms with Crippen molar-refractivity contribution in [2.75, 3.05) is 0 Å². The molecule has 0 radical (unpaired) electrons. The molecule has 4 heterocycles. The summed E-state index contributed by atoms with van der Waals surface area (Å²) in [4.78, 5) is 25.3. The number of nitrogens with zero attached hydrogens (tertiary/aromatic N) is 7. The number of hydrogen-bond donors (Lipinski definition) is 0. The van der Waals surface area contributed by atoms with Gasteiger partial charge in [0, 0.05) is 27.5 Å². The van der Waals surface area contributed by atoms with Crippen molar-refractivity contribution in [1.29, 1.82) is 0 Å². The molecule has 0 atom stereocenters. The maximum absolute atomic E-state index is 5.18. The standard InChI is InChI=1S/C41H25N7/c1-3-13-26(14-4-1)37-44-38(27-15-5-2-6-16-27)46-39(45-37)28-23-24-34-30(25-28)29-17-7-10-20-33(29)47-35-21-11-8-18-31(35)42-40(47)41-43-32-19-9-12-22-36(32)48(34)41/h1-25H. The quantitative estimate of drug-likeness (QED) is 0.198. The minimum absolute atomic E-state index is 0.606. The van der Waals surface area contributed by atoms with Crippen molar-refractivity contribution in [3.8, 4) is 34.2 Å². The van der Waals surface area contributed by atoms with Crippen molar-refractivity contribution in [3.63, 3.8) is 0 Å². The van der Waals surface area contributed by atoms with Gasteiger partial charge in [-0.25, -0.2) is 24.9 Å². The molecular formula is C41H25N7. The van der Waals surface area contributed by atoms with Crippen LogP contribution in [0, 0.1) is 0 Å². The molecule has 7 nitrogen and oxygen atoms in total. The van der Waals surface area contributed by atoms with E-state index in [1.54, 1.807) is 0 Å². The van der Waals surface area contributed by atoms with E-state index >= 15 is 0 Å². The van der Waals surface area contributed by atoms with E-state index in [0.717, 1.165) is 71.9 Å². The molecule has 0 aliphatic rings. The van der Waals surface area contributed by atoms with E-state index < -0.39 is 0 Å². The molecular weight excluding hydrogens is 591 g/mol. The number of hydrogen-bond acceptors (Lipinski definition) is 5. The van der Waals surface area contributed by atoms with Crippen LogP contribution in [0.15, 0.2) is 152 Å². The highest BCUT2D eigenvalue weighted by atomic mass is 15.1. The van der Waals surface area contributed by atoms with Crippen LogP contribution in [0.2, 0.25) is 0 Å². The number of imidazole rings is 2. The monoisotopic (exact) mass is 615 g/mol. The first kappa shape index (κ1) is 26.5. The zero-order chi connectivity index (χ0) is 31.6. The van der Waals surface area contributed by atoms with Crippen LogP contribution < -0.4 is 0 Å². The van der Waals surface area contributed by atoms with Gasteiger partial charge in [0.1, 0.15) is 0 Å². The largest absolute Gasteiger partial charge is 0.289 e. The van der Waals surface area contributed by atoms with Gasteiger partial charge in [0.05, 0.1) is 33.1 Å². The number of para-hydroxylation sites is 5. The molecule has 0 fully saturated rings. The second-order valence-electron chi connectivity index (χ2n) is 11.8. The van der Waals surface area contributed by atoms with E-state index in [-0.39, 0.29) is 0 Å². The molecule has 224 valence electrons. The summed E-state index contributed by atoms with van der Waals surface area (Å²) in [5.41, 5.74) is 10.2. The Labute approximate surface area is 274 Å². The number of aromatic nitrogens is 7. The summed E-state index contributed by atoms with van der Waals surface area (Å²) in [7, 11) is 0. The summed E-state index contributed by atoms with van der Waals surface area (Å²) in [6.07, 6.45) is 0. The van der Waals surface area contributed by atoms with Crippen molar-refractivity contribution >= 4 is 55.2 Å². The van der Waals surface area contributed by atoms with Crippen LogP contribution >= 0.6 is 0 Å². The van der Waals surface area contributed by atoms with Crippen LogP contribution in [0.25, 0.3) is 89.3 Å². The summed E-state index contributed by atoms with van der Waals surface area (Å²) in [6.45, 7) is 0. The van der Waals surface area contributed by atoms with E-state index in [1.165, 1.54) is 0 Å². The van der Waals surface area contributed by atoms with Crippen LogP contribution in [0.1, 0.15) is 0 Å². The lowest BCUT2D eigenvalue weighted by Crippen LogP contribution is -2.00. The zero-order valence-electron chi connectivity index (χ0n) is 25.6. The summed E-state index contributed by atoms with van der Waals surface area (Å²) >= 11 is 0. The summed E-state index contributed by atoms with van der Waals surface area (Å²) in [5, 5.41) is 2.11. The second kappa shape index (κ2) is 10.4. The Morgan fingerprint density at radius 3 is 1.31 bits per heavy atom. The highest BCUT2D eigenvalue weighted by molar-refractivity contribution is 6.09. The van der Waals surface area contributed by atoms with E-state index in [4.69, 9.17) is 24.9 Å². The molecule has 0 spiro atoms. The Hall–Kier alpha value is -6.73. The minimum atomic E-state index is 0.606. The molecule has 0 N–H and O–H groups in total. The Kier molecular flexibility index (Phi) is 5.74. The van der Waals surface area contributed by atoms with E-state index in [1.807, 2.05) is 72.8 Å². The predicted molar refractivity (Wildman–Crippen MR) is 192 cm³/mol. The molecule has 0 bridgehead atoms. The molecule has 48 heavy (non-hydrogen) atoms. The van der Waals surface area contributed by atoms with E-state index in [2.05, 4.69) is 87.7 Å². The fourth-order valence-corrected chi connectivity index (χ4v) is 6.76. The number of benzene rings is 6. The van der Waals surface area contributed by atoms with Crippen molar-refractivity contribution in [2.45, 2.75) is 0 Å². The highest BCUT2D eigenvalue weighted by Gasteiger charge is 2.18. The lowest BCUT2D eigenvalue weighted by atomic mass is 10.1. The maximum Gasteiger partial charge on any atom is 0.182 e. The van der Waals surface area contributed by atoms with Crippen LogP contribution in [-0.4, -0.2) is 33.7 Å². The van der Waals surface area contributed by atoms with Crippen LogP contribution in [0.3, 0.4) is 0 Å². The number of rotatable bonds is 3. The van der Waals surface area contributed by atoms with Crippen molar-refractivity contribution in [1.82, 2.24) is 33.7 Å². The van der Waals surface area contributed by atoms with Gasteiger partial charge < -0.3 is 0 Å². The van der Waals surface area contributed by atoms with Gasteiger partial charge in [-0.15, -0.1) is 0 Å². The van der Waals surface area contributed by atoms with Gasteiger partial charge >= 0.3 is 0 Å². The minimum Gasteiger partial charge on any atom is -0.289 e. The number of fused-ring (bicyclic) bond motifs is 12. The van der Waals surface area contributed by atoms with Gasteiger partial charge in [-0.2, -0.15) is 0 Å². The van der Waals surface area contributed by atoms with Crippen molar-refractivity contribution < 1.29 is 0 Å². The zero-order valence-corrected chi connectivity index (χ0v) is 25.6. The molecule has 0 amide bonds. The normalized spacial score (nSPS) is 11.8. The molecule has 0 aliphatic carbocycles. The second-order valence-corrected chi connectivity index (χ2v) is 11.8. The lowest BCUT2D eigenvalue weighted by Gasteiger charge is -2.11. The highest BCUT2D eigenvalue weighted by Crippen LogP contribution is 2.34. The van der Waals surface area contributed by atoms with Gasteiger partial charge in [-0.1, -0.05) is 103 Å². The van der Waals surface area contributed by atoms with Gasteiger partial charge in [0.15, 0.2) is 28.8 Å². The Bertz CT molecular complexity index is 2830. The topological polar surface area (TPSA) is 73.3 Å². The first-order chi connectivity index (χ1) is 23.8. The molecule has 7 heteroatoms. The van der Waals surface area contributed by atoms with Gasteiger partial charge in [0.2, 0.25) is 0 Å². The third-order valence-corrected chi connectivity index (χ3v) is 8.95. The van der Waals surface area contributed by atoms with Gasteiger partial charge in [-0.3, -0.25) is 8.80 Å². The molecule has 4 aromatic heterocycles. The Balaban J connectivity index is 1.37. The summed E-state index contributed by atoms with van der Waals surface area (Å²) in [6, 6.07) is 51.6. The first-order valence-corrected chi connectivity index (χ1v) is 15.9. The maximum atomic E-state index is 5.18. The molecule has 0 saturated heterocycles. The predicted octanol–water partition coefficient (Wildman–Crippen LogP) is 9.34. The fourth-order valence-electron chi connectivity index (χ4n) is 6.76. The fraction of sp³-hybridized carbons (Fsp3) is 0. The van der Waals surface area contributed by atoms with Crippen LogP contribution in [0.4, 0.5) is 0 Å².